The van der Waals surface area contributed by atoms with Crippen LogP contribution in [-0.4, -0.2) is 15.7 Å². The molecule has 2 N–H and O–H groups in total. The molecule has 0 aliphatic carbocycles. The van der Waals surface area contributed by atoms with Crippen LogP contribution in [0.5, 0.6) is 0 Å². The summed E-state index contributed by atoms with van der Waals surface area (Å²) in [6.07, 6.45) is 0.682. The second-order valence-electron chi connectivity index (χ2n) is 4.53. The van der Waals surface area contributed by atoms with Gasteiger partial charge in [0.15, 0.2) is 0 Å². The van der Waals surface area contributed by atoms with Crippen molar-refractivity contribution in [2.45, 2.75) is 20.0 Å². The average molecular weight is 312 g/mol. The lowest BCUT2D eigenvalue weighted by Gasteiger charge is -2.06. The monoisotopic (exact) mass is 311 g/mol. The van der Waals surface area contributed by atoms with E-state index >= 15 is 0 Å². The molecule has 21 heavy (non-hydrogen) atoms. The molecule has 0 aliphatic heterocycles. The number of esters is 1. The molecule has 2 rings (SSSR count). The first kappa shape index (κ1) is 15.3. The highest BCUT2D eigenvalue weighted by Crippen LogP contribution is 2.22. The van der Waals surface area contributed by atoms with Gasteiger partial charge in [0.05, 0.1) is 22.0 Å². The Bertz CT molecular complexity index is 665. The molecular weight excluding hydrogens is 297 g/mol. The van der Waals surface area contributed by atoms with Gasteiger partial charge in [-0.3, -0.25) is 4.68 Å². The van der Waals surface area contributed by atoms with Gasteiger partial charge in [-0.2, -0.15) is 5.10 Å². The molecule has 0 unspecified atom stereocenters. The predicted octanol–water partition coefficient (Wildman–Crippen LogP) is 2.71. The fourth-order valence-corrected chi connectivity index (χ4v) is 2.27. The highest BCUT2D eigenvalue weighted by molar-refractivity contribution is 6.31. The predicted molar refractivity (Wildman–Crippen MR) is 77.5 cm³/mol. The lowest BCUT2D eigenvalue weighted by Crippen LogP contribution is -2.09. The number of hydrogen-bond donors (Lipinski definition) is 1. The number of halogens is 2. The number of benzene rings is 1. The zero-order valence-electron chi connectivity index (χ0n) is 11.7. The number of carbonyl (C=O) groups is 1. The quantitative estimate of drug-likeness (QED) is 0.696. The van der Waals surface area contributed by atoms with Gasteiger partial charge in [-0.25, -0.2) is 9.18 Å². The van der Waals surface area contributed by atoms with E-state index in [1.54, 1.807) is 11.7 Å². The molecule has 1 aromatic heterocycles. The summed E-state index contributed by atoms with van der Waals surface area (Å²) in [5.41, 5.74) is 7.03. The second kappa shape index (κ2) is 6.13. The Kier molecular flexibility index (Phi) is 4.47. The van der Waals surface area contributed by atoms with Crippen LogP contribution >= 0.6 is 11.6 Å². The summed E-state index contributed by atoms with van der Waals surface area (Å²) in [4.78, 5) is 11.9. The Balaban J connectivity index is 2.13. The zero-order valence-corrected chi connectivity index (χ0v) is 12.4. The fourth-order valence-electron chi connectivity index (χ4n) is 1.92. The topological polar surface area (TPSA) is 70.1 Å². The minimum atomic E-state index is -0.670. The van der Waals surface area contributed by atoms with Gasteiger partial charge < -0.3 is 10.5 Å². The first-order valence-electron chi connectivity index (χ1n) is 6.35. The highest BCUT2D eigenvalue weighted by Gasteiger charge is 2.16. The zero-order chi connectivity index (χ0) is 15.6. The Morgan fingerprint density at radius 3 is 2.76 bits per heavy atom. The van der Waals surface area contributed by atoms with Crippen molar-refractivity contribution in [3.8, 4) is 0 Å². The van der Waals surface area contributed by atoms with E-state index in [1.165, 1.54) is 6.07 Å². The number of hydrogen-bond acceptors (Lipinski definition) is 4. The Hall–Kier alpha value is -2.08. The van der Waals surface area contributed by atoms with Gasteiger partial charge in [0.25, 0.3) is 0 Å². The van der Waals surface area contributed by atoms with E-state index in [0.717, 1.165) is 17.8 Å². The van der Waals surface area contributed by atoms with Crippen molar-refractivity contribution in [2.75, 3.05) is 5.73 Å². The number of nitrogens with zero attached hydrogens (tertiary/aromatic N) is 2. The third-order valence-corrected chi connectivity index (χ3v) is 3.44. The molecule has 112 valence electrons. The second-order valence-corrected chi connectivity index (χ2v) is 4.91. The number of carbonyl (C=O) groups excluding carboxylic acids is 1. The van der Waals surface area contributed by atoms with Crippen molar-refractivity contribution in [1.82, 2.24) is 9.78 Å². The first-order valence-corrected chi connectivity index (χ1v) is 6.73. The van der Waals surface area contributed by atoms with Crippen LogP contribution in [0.15, 0.2) is 18.2 Å². The summed E-state index contributed by atoms with van der Waals surface area (Å²) in [6, 6.07) is 3.55. The molecule has 1 heterocycles. The van der Waals surface area contributed by atoms with Gasteiger partial charge in [-0.05, 0) is 24.6 Å². The van der Waals surface area contributed by atoms with Crippen LogP contribution < -0.4 is 5.73 Å². The Morgan fingerprint density at radius 2 is 2.19 bits per heavy atom. The third kappa shape index (κ3) is 3.33. The Labute approximate surface area is 126 Å². The minimum absolute atomic E-state index is 0.0441. The van der Waals surface area contributed by atoms with E-state index in [4.69, 9.17) is 22.1 Å². The third-order valence-electron chi connectivity index (χ3n) is 3.00. The molecule has 0 bridgehead atoms. The molecule has 0 amide bonds. The van der Waals surface area contributed by atoms with Crippen LogP contribution in [0.25, 0.3) is 0 Å². The van der Waals surface area contributed by atoms with E-state index in [9.17, 15) is 9.18 Å². The number of aryl methyl sites for hydroxylation is 2. The van der Waals surface area contributed by atoms with E-state index < -0.39 is 11.8 Å². The van der Waals surface area contributed by atoms with Crippen LogP contribution in [0, 0.1) is 5.82 Å². The molecule has 0 atom stereocenters. The molecule has 1 aromatic carbocycles. The van der Waals surface area contributed by atoms with Crippen molar-refractivity contribution in [1.29, 1.82) is 0 Å². The highest BCUT2D eigenvalue weighted by atomic mass is 35.5. The summed E-state index contributed by atoms with van der Waals surface area (Å²) in [7, 11) is 1.72. The van der Waals surface area contributed by atoms with E-state index in [-0.39, 0.29) is 17.9 Å². The molecule has 0 radical (unpaired) electrons. The van der Waals surface area contributed by atoms with Crippen LogP contribution in [0.3, 0.4) is 0 Å². The lowest BCUT2D eigenvalue weighted by molar-refractivity contribution is 0.0463. The molecule has 0 saturated heterocycles. The normalized spacial score (nSPS) is 10.7. The molecule has 0 saturated carbocycles. The van der Waals surface area contributed by atoms with Crippen molar-refractivity contribution in [3.05, 3.63) is 46.0 Å². The maximum Gasteiger partial charge on any atom is 0.338 e. The van der Waals surface area contributed by atoms with Crippen molar-refractivity contribution >= 4 is 23.3 Å². The number of ether oxygens (including phenoxy) is 1. The molecule has 2 aromatic rings. The maximum atomic E-state index is 13.2. The van der Waals surface area contributed by atoms with Crippen molar-refractivity contribution in [3.63, 3.8) is 0 Å². The number of rotatable bonds is 4. The van der Waals surface area contributed by atoms with E-state index in [1.807, 2.05) is 6.92 Å². The maximum absolute atomic E-state index is 13.2. The SMILES string of the molecule is CCc1nn(C)c(COC(=O)c2cc(N)cc(F)c2)c1Cl. The van der Waals surface area contributed by atoms with E-state index in [0.29, 0.717) is 17.1 Å². The summed E-state index contributed by atoms with van der Waals surface area (Å²) in [6.45, 7) is 1.89. The van der Waals surface area contributed by atoms with Crippen LogP contribution in [0.2, 0.25) is 5.02 Å². The van der Waals surface area contributed by atoms with Crippen LogP contribution in [0.4, 0.5) is 10.1 Å². The number of nitrogen functional groups attached to an aromatic ring is 1. The average Bonchev–Trinajstić information content (AvgIpc) is 2.69. The molecule has 0 spiro atoms. The molecule has 7 heteroatoms. The summed E-state index contributed by atoms with van der Waals surface area (Å²) < 4.78 is 19.9. The molecule has 0 fully saturated rings. The summed E-state index contributed by atoms with van der Waals surface area (Å²) in [5, 5.41) is 4.70. The van der Waals surface area contributed by atoms with Gasteiger partial charge >= 0.3 is 5.97 Å². The number of anilines is 1. The molecule has 0 aliphatic rings. The smallest absolute Gasteiger partial charge is 0.338 e. The Morgan fingerprint density at radius 1 is 1.48 bits per heavy atom. The number of aromatic nitrogens is 2. The van der Waals surface area contributed by atoms with Crippen LogP contribution in [-0.2, 0) is 24.8 Å². The minimum Gasteiger partial charge on any atom is -0.456 e. The lowest BCUT2D eigenvalue weighted by atomic mass is 10.2. The molecular formula is C14H15ClFN3O2. The largest absolute Gasteiger partial charge is 0.456 e. The standard InChI is InChI=1S/C14H15ClFN3O2/c1-3-11-13(15)12(19(2)18-11)7-21-14(20)8-4-9(16)6-10(17)5-8/h4-6H,3,7,17H2,1-2H3. The van der Waals surface area contributed by atoms with Gasteiger partial charge in [0.2, 0.25) is 0 Å². The van der Waals surface area contributed by atoms with E-state index in [2.05, 4.69) is 5.10 Å². The van der Waals surface area contributed by atoms with Crippen LogP contribution in [0.1, 0.15) is 28.7 Å². The van der Waals surface area contributed by atoms with Crippen molar-refractivity contribution < 1.29 is 13.9 Å². The van der Waals surface area contributed by atoms with Crippen molar-refractivity contribution in [2.24, 2.45) is 7.05 Å². The van der Waals surface area contributed by atoms with Gasteiger partial charge in [-0.1, -0.05) is 18.5 Å². The van der Waals surface area contributed by atoms with Gasteiger partial charge in [0, 0.05) is 12.7 Å². The number of nitrogens with two attached hydrogens (primary N) is 1. The fraction of sp³-hybridized carbons (Fsp3) is 0.286. The molecule has 5 nitrogen and oxygen atoms in total. The van der Waals surface area contributed by atoms with Gasteiger partial charge in [0.1, 0.15) is 12.4 Å². The summed E-state index contributed by atoms with van der Waals surface area (Å²) in [5.74, 6) is -1.26. The van der Waals surface area contributed by atoms with Gasteiger partial charge in [-0.15, -0.1) is 0 Å². The summed E-state index contributed by atoms with van der Waals surface area (Å²) >= 11 is 6.16. The first-order chi connectivity index (χ1) is 9.92.